The van der Waals surface area contributed by atoms with Gasteiger partial charge in [0.05, 0.1) is 19.3 Å². The summed E-state index contributed by atoms with van der Waals surface area (Å²) in [5.74, 6) is 5.68. The van der Waals surface area contributed by atoms with Crippen LogP contribution in [0.5, 0.6) is 0 Å². The van der Waals surface area contributed by atoms with E-state index in [1.165, 1.54) is 0 Å². The molecule has 18 heavy (non-hydrogen) atoms. The van der Waals surface area contributed by atoms with Crippen LogP contribution in [0.3, 0.4) is 0 Å². The molecular weight excluding hydrogens is 380 g/mol. The van der Waals surface area contributed by atoms with Gasteiger partial charge < -0.3 is 0 Å². The molecule has 0 bridgehead atoms. The third-order valence-electron chi connectivity index (χ3n) is 2.77. The van der Waals surface area contributed by atoms with Crippen LogP contribution in [-0.4, -0.2) is 9.78 Å². The lowest BCUT2D eigenvalue weighted by molar-refractivity contribution is 0.530. The van der Waals surface area contributed by atoms with Crippen LogP contribution in [0.4, 0.5) is 0 Å². The van der Waals surface area contributed by atoms with Crippen molar-refractivity contribution in [1.82, 2.24) is 15.2 Å². The van der Waals surface area contributed by atoms with Gasteiger partial charge in [-0.05, 0) is 56.5 Å². The standard InChI is InChI=1S/C11H14Br2N4S/c1-6-3-7(17(2)16-6)4-9(15-14)8-5-10(12)18-11(8)13/h3,5,9,15H,4,14H2,1-2H3. The number of nitrogens with two attached hydrogens (primary N) is 1. The molecule has 0 radical (unpaired) electrons. The number of thiophene rings is 1. The van der Waals surface area contributed by atoms with Gasteiger partial charge in [0.2, 0.25) is 0 Å². The third-order valence-corrected chi connectivity index (χ3v) is 5.16. The van der Waals surface area contributed by atoms with Gasteiger partial charge in [-0.25, -0.2) is 0 Å². The van der Waals surface area contributed by atoms with Crippen molar-refractivity contribution in [1.29, 1.82) is 0 Å². The molecule has 0 fully saturated rings. The number of aryl methyl sites for hydroxylation is 2. The number of rotatable bonds is 4. The molecule has 0 spiro atoms. The van der Waals surface area contributed by atoms with E-state index in [0.29, 0.717) is 0 Å². The van der Waals surface area contributed by atoms with Crippen LogP contribution in [0.15, 0.2) is 19.7 Å². The summed E-state index contributed by atoms with van der Waals surface area (Å²) in [7, 11) is 1.95. The zero-order chi connectivity index (χ0) is 13.3. The van der Waals surface area contributed by atoms with E-state index in [9.17, 15) is 0 Å². The minimum atomic E-state index is 0.0664. The Morgan fingerprint density at radius 2 is 2.22 bits per heavy atom. The summed E-state index contributed by atoms with van der Waals surface area (Å²) < 4.78 is 4.08. The molecule has 7 heteroatoms. The molecule has 2 rings (SSSR count). The van der Waals surface area contributed by atoms with Gasteiger partial charge in [-0.2, -0.15) is 5.10 Å². The molecular formula is C11H14Br2N4S. The number of hydrogen-bond donors (Lipinski definition) is 2. The summed E-state index contributed by atoms with van der Waals surface area (Å²) in [5, 5.41) is 4.35. The number of hydrogen-bond acceptors (Lipinski definition) is 4. The highest BCUT2D eigenvalue weighted by molar-refractivity contribution is 9.12. The van der Waals surface area contributed by atoms with Crippen LogP contribution < -0.4 is 11.3 Å². The van der Waals surface area contributed by atoms with Crippen LogP contribution in [0, 0.1) is 6.92 Å². The number of nitrogens with zero attached hydrogens (tertiary/aromatic N) is 2. The summed E-state index contributed by atoms with van der Waals surface area (Å²) >= 11 is 8.70. The maximum Gasteiger partial charge on any atom is 0.0758 e. The minimum absolute atomic E-state index is 0.0664. The first-order valence-electron chi connectivity index (χ1n) is 5.41. The van der Waals surface area contributed by atoms with Crippen LogP contribution in [-0.2, 0) is 13.5 Å². The average Bonchev–Trinajstić information content (AvgIpc) is 2.78. The van der Waals surface area contributed by atoms with Crippen molar-refractivity contribution in [2.75, 3.05) is 0 Å². The lowest BCUT2D eigenvalue weighted by Crippen LogP contribution is -2.30. The van der Waals surface area contributed by atoms with Crippen LogP contribution in [0.25, 0.3) is 0 Å². The Labute approximate surface area is 127 Å². The average molecular weight is 394 g/mol. The van der Waals surface area contributed by atoms with Gasteiger partial charge in [-0.15, -0.1) is 11.3 Å². The van der Waals surface area contributed by atoms with E-state index in [0.717, 1.165) is 30.9 Å². The van der Waals surface area contributed by atoms with E-state index in [1.54, 1.807) is 11.3 Å². The van der Waals surface area contributed by atoms with Crippen molar-refractivity contribution in [2.45, 2.75) is 19.4 Å². The predicted octanol–water partition coefficient (Wildman–Crippen LogP) is 3.06. The predicted molar refractivity (Wildman–Crippen MR) is 81.4 cm³/mol. The number of aromatic nitrogens is 2. The molecule has 1 atom stereocenters. The molecule has 3 N–H and O–H groups in total. The smallest absolute Gasteiger partial charge is 0.0758 e. The lowest BCUT2D eigenvalue weighted by Gasteiger charge is -2.15. The van der Waals surface area contributed by atoms with Crippen molar-refractivity contribution in [3.05, 3.63) is 36.7 Å². The van der Waals surface area contributed by atoms with Crippen molar-refractivity contribution >= 4 is 43.2 Å². The number of hydrazine groups is 1. The second kappa shape index (κ2) is 5.83. The van der Waals surface area contributed by atoms with Gasteiger partial charge >= 0.3 is 0 Å². The topological polar surface area (TPSA) is 55.9 Å². The first-order chi connectivity index (χ1) is 8.51. The Morgan fingerprint density at radius 1 is 1.50 bits per heavy atom. The van der Waals surface area contributed by atoms with E-state index in [1.807, 2.05) is 18.7 Å². The molecule has 2 heterocycles. The lowest BCUT2D eigenvalue weighted by atomic mass is 10.1. The monoisotopic (exact) mass is 392 g/mol. The van der Waals surface area contributed by atoms with Crippen LogP contribution in [0.2, 0.25) is 0 Å². The fraction of sp³-hybridized carbons (Fsp3) is 0.364. The molecule has 0 saturated carbocycles. The first kappa shape index (κ1) is 14.2. The normalized spacial score (nSPS) is 12.9. The molecule has 0 aliphatic rings. The Hall–Kier alpha value is -0.210. The number of halogens is 2. The summed E-state index contributed by atoms with van der Waals surface area (Å²) in [6, 6.07) is 4.24. The third kappa shape index (κ3) is 3.03. The van der Waals surface area contributed by atoms with Crippen LogP contribution >= 0.6 is 43.2 Å². The Bertz CT molecular complexity index is 549. The second-order valence-electron chi connectivity index (χ2n) is 4.10. The maximum atomic E-state index is 5.68. The van der Waals surface area contributed by atoms with Gasteiger partial charge in [0.25, 0.3) is 0 Å². The summed E-state index contributed by atoms with van der Waals surface area (Å²) in [6.45, 7) is 1.99. The highest BCUT2D eigenvalue weighted by Gasteiger charge is 2.18. The van der Waals surface area contributed by atoms with Gasteiger partial charge in [0, 0.05) is 19.2 Å². The highest BCUT2D eigenvalue weighted by Crippen LogP contribution is 2.36. The zero-order valence-corrected chi connectivity index (χ0v) is 14.1. The molecule has 2 aromatic heterocycles. The van der Waals surface area contributed by atoms with Gasteiger partial charge in [-0.3, -0.25) is 16.0 Å². The molecule has 0 saturated heterocycles. The van der Waals surface area contributed by atoms with Crippen molar-refractivity contribution in [3.8, 4) is 0 Å². The Balaban J connectivity index is 2.25. The molecule has 1 unspecified atom stereocenters. The van der Waals surface area contributed by atoms with Crippen molar-refractivity contribution in [2.24, 2.45) is 12.9 Å². The molecule has 0 aliphatic carbocycles. The highest BCUT2D eigenvalue weighted by atomic mass is 79.9. The maximum absolute atomic E-state index is 5.68. The van der Waals surface area contributed by atoms with Crippen molar-refractivity contribution < 1.29 is 0 Å². The minimum Gasteiger partial charge on any atom is -0.272 e. The molecule has 0 aliphatic heterocycles. The number of nitrogens with one attached hydrogen (secondary N) is 1. The van der Waals surface area contributed by atoms with Gasteiger partial charge in [0.15, 0.2) is 0 Å². The molecule has 4 nitrogen and oxygen atoms in total. The second-order valence-corrected chi connectivity index (χ2v) is 7.85. The molecule has 0 aromatic carbocycles. The summed E-state index contributed by atoms with van der Waals surface area (Å²) in [5.41, 5.74) is 6.21. The summed E-state index contributed by atoms with van der Waals surface area (Å²) in [6.07, 6.45) is 0.801. The fourth-order valence-corrected chi connectivity index (χ4v) is 4.89. The van der Waals surface area contributed by atoms with E-state index >= 15 is 0 Å². The molecule has 2 aromatic rings. The van der Waals surface area contributed by atoms with Gasteiger partial charge in [0.1, 0.15) is 0 Å². The Kier molecular flexibility index (Phi) is 4.60. The van der Waals surface area contributed by atoms with E-state index in [2.05, 4.69) is 54.5 Å². The van der Waals surface area contributed by atoms with E-state index < -0.39 is 0 Å². The zero-order valence-electron chi connectivity index (χ0n) is 10.1. The van der Waals surface area contributed by atoms with Crippen LogP contribution in [0.1, 0.15) is 23.0 Å². The van der Waals surface area contributed by atoms with Gasteiger partial charge in [-0.1, -0.05) is 0 Å². The van der Waals surface area contributed by atoms with Crippen molar-refractivity contribution in [3.63, 3.8) is 0 Å². The largest absolute Gasteiger partial charge is 0.272 e. The fourth-order valence-electron chi connectivity index (χ4n) is 1.91. The molecule has 0 amide bonds. The SMILES string of the molecule is Cc1cc(CC(NN)c2cc(Br)sc2Br)n(C)n1. The molecule has 98 valence electrons. The quantitative estimate of drug-likeness (QED) is 0.619. The summed E-state index contributed by atoms with van der Waals surface area (Å²) in [4.78, 5) is 0. The Morgan fingerprint density at radius 3 is 2.67 bits per heavy atom. The van der Waals surface area contributed by atoms with E-state index in [-0.39, 0.29) is 6.04 Å². The first-order valence-corrected chi connectivity index (χ1v) is 7.82. The van der Waals surface area contributed by atoms with E-state index in [4.69, 9.17) is 5.84 Å².